The summed E-state index contributed by atoms with van der Waals surface area (Å²) >= 11 is 0. The van der Waals surface area contributed by atoms with E-state index in [0.717, 1.165) is 19.3 Å². The Morgan fingerprint density at radius 2 is 1.96 bits per heavy atom. The van der Waals surface area contributed by atoms with Crippen molar-refractivity contribution < 1.29 is 17.6 Å². The Bertz CT molecular complexity index is 872. The van der Waals surface area contributed by atoms with Crippen LogP contribution in [0.15, 0.2) is 46.1 Å². The molecule has 0 unspecified atom stereocenters. The Labute approximate surface area is 141 Å². The minimum absolute atomic E-state index is 0.198. The molecule has 1 atom stereocenters. The van der Waals surface area contributed by atoms with Crippen molar-refractivity contribution in [2.45, 2.75) is 36.8 Å². The summed E-state index contributed by atoms with van der Waals surface area (Å²) in [6.07, 6.45) is 3.64. The minimum Gasteiger partial charge on any atom is -0.451 e. The van der Waals surface area contributed by atoms with Crippen molar-refractivity contribution in [2.24, 2.45) is 0 Å². The highest BCUT2D eigenvalue weighted by molar-refractivity contribution is 7.89. The van der Waals surface area contributed by atoms with Crippen LogP contribution >= 0.6 is 0 Å². The van der Waals surface area contributed by atoms with Gasteiger partial charge in [0.25, 0.3) is 15.9 Å². The first-order valence-electron chi connectivity index (χ1n) is 7.74. The molecule has 3 rings (SSSR count). The second kappa shape index (κ2) is 6.07. The summed E-state index contributed by atoms with van der Waals surface area (Å²) in [6.45, 7) is 2.01. The number of aryl methyl sites for hydroxylation is 1. The molecule has 7 heteroatoms. The van der Waals surface area contributed by atoms with Gasteiger partial charge in [-0.15, -0.1) is 0 Å². The summed E-state index contributed by atoms with van der Waals surface area (Å²) < 4.78 is 30.5. The van der Waals surface area contributed by atoms with Gasteiger partial charge in [-0.1, -0.05) is 24.3 Å². The molecule has 1 amide bonds. The van der Waals surface area contributed by atoms with Crippen molar-refractivity contribution in [3.63, 3.8) is 0 Å². The van der Waals surface area contributed by atoms with Gasteiger partial charge in [0.15, 0.2) is 0 Å². The summed E-state index contributed by atoms with van der Waals surface area (Å²) in [7, 11) is -2.41. The van der Waals surface area contributed by atoms with Gasteiger partial charge in [0.2, 0.25) is 5.09 Å². The smallest absolute Gasteiger partial charge is 0.273 e. The summed E-state index contributed by atoms with van der Waals surface area (Å²) in [6, 6.07) is 9.45. The predicted octanol–water partition coefficient (Wildman–Crippen LogP) is 1.87. The molecule has 0 spiro atoms. The van der Waals surface area contributed by atoms with Crippen LogP contribution in [0, 0.1) is 0 Å². The lowest BCUT2D eigenvalue weighted by atomic mass is 9.79. The molecule has 128 valence electrons. The van der Waals surface area contributed by atoms with Crippen molar-refractivity contribution >= 4 is 15.9 Å². The SMILES string of the molecule is CNS(=O)(=O)c1cc(C(=O)N[C@]2(C)CCc3ccccc3C2)co1. The Hall–Kier alpha value is -2.12. The zero-order chi connectivity index (χ0) is 17.4. The maximum Gasteiger partial charge on any atom is 0.273 e. The maximum absolute atomic E-state index is 12.5. The topological polar surface area (TPSA) is 88.4 Å². The molecular weight excluding hydrogens is 328 g/mol. The first-order chi connectivity index (χ1) is 11.3. The number of furan rings is 1. The molecule has 0 aliphatic heterocycles. The van der Waals surface area contributed by atoms with Gasteiger partial charge in [-0.3, -0.25) is 4.79 Å². The van der Waals surface area contributed by atoms with Crippen LogP contribution in [0.4, 0.5) is 0 Å². The Morgan fingerprint density at radius 3 is 2.67 bits per heavy atom. The van der Waals surface area contributed by atoms with Gasteiger partial charge in [-0.2, -0.15) is 0 Å². The zero-order valence-electron chi connectivity index (χ0n) is 13.6. The van der Waals surface area contributed by atoms with Crippen molar-refractivity contribution in [3.8, 4) is 0 Å². The molecule has 0 saturated heterocycles. The van der Waals surface area contributed by atoms with Crippen LogP contribution in [-0.4, -0.2) is 26.9 Å². The number of hydrogen-bond acceptors (Lipinski definition) is 4. The third kappa shape index (κ3) is 3.22. The molecule has 0 radical (unpaired) electrons. The van der Waals surface area contributed by atoms with Crippen LogP contribution in [0.3, 0.4) is 0 Å². The summed E-state index contributed by atoms with van der Waals surface area (Å²) in [5.41, 5.74) is 2.38. The monoisotopic (exact) mass is 348 g/mol. The Balaban J connectivity index is 1.76. The zero-order valence-corrected chi connectivity index (χ0v) is 14.4. The second-order valence-corrected chi connectivity index (χ2v) is 8.14. The normalized spacial score (nSPS) is 20.4. The van der Waals surface area contributed by atoms with Crippen LogP contribution in [0.25, 0.3) is 0 Å². The number of sulfonamides is 1. The average Bonchev–Trinajstić information content (AvgIpc) is 3.05. The lowest BCUT2D eigenvalue weighted by molar-refractivity contribution is 0.0897. The van der Waals surface area contributed by atoms with E-state index in [1.54, 1.807) is 0 Å². The molecular formula is C17H20N2O4S. The van der Waals surface area contributed by atoms with Crippen LogP contribution in [0.5, 0.6) is 0 Å². The fourth-order valence-corrected chi connectivity index (χ4v) is 3.68. The molecule has 6 nitrogen and oxygen atoms in total. The van der Waals surface area contributed by atoms with E-state index in [0.29, 0.717) is 0 Å². The highest BCUT2D eigenvalue weighted by Gasteiger charge is 2.32. The van der Waals surface area contributed by atoms with Crippen molar-refractivity contribution in [3.05, 3.63) is 53.3 Å². The molecule has 1 aliphatic carbocycles. The minimum atomic E-state index is -3.70. The van der Waals surface area contributed by atoms with E-state index < -0.39 is 10.0 Å². The van der Waals surface area contributed by atoms with Gasteiger partial charge >= 0.3 is 0 Å². The molecule has 1 aromatic carbocycles. The number of hydrogen-bond donors (Lipinski definition) is 2. The number of rotatable bonds is 4. The summed E-state index contributed by atoms with van der Waals surface area (Å²) in [4.78, 5) is 12.5. The molecule has 2 aromatic rings. The largest absolute Gasteiger partial charge is 0.451 e. The predicted molar refractivity (Wildman–Crippen MR) is 89.3 cm³/mol. The second-order valence-electron chi connectivity index (χ2n) is 6.32. The number of carbonyl (C=O) groups excluding carboxylic acids is 1. The fourth-order valence-electron chi connectivity index (χ4n) is 3.02. The van der Waals surface area contributed by atoms with E-state index in [1.165, 1.54) is 30.5 Å². The number of fused-ring (bicyclic) bond motifs is 1. The first-order valence-corrected chi connectivity index (χ1v) is 9.23. The number of carbonyl (C=O) groups is 1. The van der Waals surface area contributed by atoms with Crippen LogP contribution in [-0.2, 0) is 22.9 Å². The highest BCUT2D eigenvalue weighted by Crippen LogP contribution is 2.29. The van der Waals surface area contributed by atoms with Gasteiger partial charge in [0, 0.05) is 11.6 Å². The van der Waals surface area contributed by atoms with E-state index in [2.05, 4.69) is 22.2 Å². The van der Waals surface area contributed by atoms with Gasteiger partial charge < -0.3 is 9.73 Å². The lowest BCUT2D eigenvalue weighted by Gasteiger charge is -2.35. The first kappa shape index (κ1) is 16.7. The molecule has 0 saturated carbocycles. The molecule has 1 aromatic heterocycles. The highest BCUT2D eigenvalue weighted by atomic mass is 32.2. The molecule has 1 heterocycles. The van der Waals surface area contributed by atoms with E-state index in [1.807, 2.05) is 19.1 Å². The Morgan fingerprint density at radius 1 is 1.25 bits per heavy atom. The van der Waals surface area contributed by atoms with E-state index in [9.17, 15) is 13.2 Å². The molecule has 0 bridgehead atoms. The third-order valence-corrected chi connectivity index (χ3v) is 5.71. The van der Waals surface area contributed by atoms with Crippen LogP contribution in [0.1, 0.15) is 34.8 Å². The van der Waals surface area contributed by atoms with E-state index >= 15 is 0 Å². The van der Waals surface area contributed by atoms with Gasteiger partial charge in [0.1, 0.15) is 6.26 Å². The van der Waals surface area contributed by atoms with Crippen molar-refractivity contribution in [2.75, 3.05) is 7.05 Å². The number of amides is 1. The molecule has 2 N–H and O–H groups in total. The number of benzene rings is 1. The van der Waals surface area contributed by atoms with Crippen molar-refractivity contribution in [1.82, 2.24) is 10.0 Å². The van der Waals surface area contributed by atoms with E-state index in [4.69, 9.17) is 4.42 Å². The summed E-state index contributed by atoms with van der Waals surface area (Å²) in [5, 5.41) is 2.75. The quantitative estimate of drug-likeness (QED) is 0.883. The fraction of sp³-hybridized carbons (Fsp3) is 0.353. The van der Waals surface area contributed by atoms with Gasteiger partial charge in [0.05, 0.1) is 5.56 Å². The van der Waals surface area contributed by atoms with Crippen LogP contribution in [0.2, 0.25) is 0 Å². The van der Waals surface area contributed by atoms with E-state index in [-0.39, 0.29) is 22.1 Å². The molecule has 1 aliphatic rings. The standard InChI is InChI=1S/C17H20N2O4S/c1-17(8-7-12-5-3-4-6-13(12)10-17)19-16(20)14-9-15(23-11-14)24(21,22)18-2/h3-6,9,11,18H,7-8,10H2,1-2H3,(H,19,20)/t17-/m1/s1. The van der Waals surface area contributed by atoms with Crippen molar-refractivity contribution in [1.29, 1.82) is 0 Å². The van der Waals surface area contributed by atoms with Gasteiger partial charge in [-0.05, 0) is 44.4 Å². The number of nitrogens with one attached hydrogen (secondary N) is 2. The third-order valence-electron chi connectivity index (χ3n) is 4.43. The molecule has 24 heavy (non-hydrogen) atoms. The van der Waals surface area contributed by atoms with Crippen LogP contribution < -0.4 is 10.0 Å². The molecule has 0 fully saturated rings. The van der Waals surface area contributed by atoms with Gasteiger partial charge in [-0.25, -0.2) is 13.1 Å². The lowest BCUT2D eigenvalue weighted by Crippen LogP contribution is -2.49. The maximum atomic E-state index is 12.5. The Kier molecular flexibility index (Phi) is 4.23. The summed E-state index contributed by atoms with van der Waals surface area (Å²) in [5.74, 6) is -0.335. The average molecular weight is 348 g/mol.